The highest BCUT2D eigenvalue weighted by molar-refractivity contribution is 5.94. The quantitative estimate of drug-likeness (QED) is 0.288. The van der Waals surface area contributed by atoms with E-state index in [9.17, 15) is 28.8 Å². The molecule has 6 atom stereocenters. The van der Waals surface area contributed by atoms with Crippen molar-refractivity contribution in [2.45, 2.75) is 70.4 Å². The van der Waals surface area contributed by atoms with Gasteiger partial charge in [-0.2, -0.15) is 0 Å². The molecule has 1 aromatic rings. The number of ether oxygens (including phenoxy) is 7. The molecule has 40 heavy (non-hydrogen) atoms. The first-order valence-electron chi connectivity index (χ1n) is 12.2. The standard InChI is InChI=1S/C26H33NO13/c1-14(28)36-19-12-26(35-6,25(33)34-5)40-23(21(19)38-16(3)30)22(39-17(4)31)20(37-15(2)29)13-27-24(32)18-10-8-7-9-11-18/h7-11,19-23H,12-13H2,1-6H3,(H,27,32)/t19-,20+,21+,22+,23+,26+/m0/s1. The summed E-state index contributed by atoms with van der Waals surface area (Å²) in [6, 6.07) is 8.10. The average molecular weight is 568 g/mol. The fourth-order valence-corrected chi connectivity index (χ4v) is 4.21. The molecule has 0 bridgehead atoms. The van der Waals surface area contributed by atoms with Crippen LogP contribution in [-0.4, -0.2) is 92.8 Å². The molecular weight excluding hydrogens is 534 g/mol. The van der Waals surface area contributed by atoms with Gasteiger partial charge in [0.05, 0.1) is 20.1 Å². The monoisotopic (exact) mass is 567 g/mol. The third-order valence-corrected chi connectivity index (χ3v) is 5.74. The molecule has 0 aliphatic carbocycles. The van der Waals surface area contributed by atoms with Crippen LogP contribution in [-0.2, 0) is 57.1 Å². The van der Waals surface area contributed by atoms with E-state index in [1.54, 1.807) is 30.3 Å². The van der Waals surface area contributed by atoms with E-state index < -0.39 is 85.0 Å². The fourth-order valence-electron chi connectivity index (χ4n) is 4.21. The number of amides is 1. The molecule has 14 heteroatoms. The maximum atomic E-state index is 12.8. The van der Waals surface area contributed by atoms with Gasteiger partial charge in [-0.25, -0.2) is 4.79 Å². The number of nitrogens with one attached hydrogen (secondary N) is 1. The lowest BCUT2D eigenvalue weighted by molar-refractivity contribution is -0.323. The predicted octanol–water partition coefficient (Wildman–Crippen LogP) is 0.448. The summed E-state index contributed by atoms with van der Waals surface area (Å²) in [5.41, 5.74) is 0.291. The van der Waals surface area contributed by atoms with E-state index in [0.717, 1.165) is 41.9 Å². The number of hydrogen-bond acceptors (Lipinski definition) is 13. The first kappa shape index (κ1) is 32.2. The summed E-state index contributed by atoms with van der Waals surface area (Å²) in [4.78, 5) is 73.9. The molecule has 1 N–H and O–H groups in total. The van der Waals surface area contributed by atoms with Crippen molar-refractivity contribution in [2.75, 3.05) is 20.8 Å². The van der Waals surface area contributed by atoms with Crippen LogP contribution in [0.2, 0.25) is 0 Å². The van der Waals surface area contributed by atoms with Gasteiger partial charge in [-0.1, -0.05) is 18.2 Å². The fraction of sp³-hybridized carbons (Fsp3) is 0.538. The Bertz CT molecular complexity index is 1090. The van der Waals surface area contributed by atoms with Gasteiger partial charge in [0, 0.05) is 40.4 Å². The summed E-state index contributed by atoms with van der Waals surface area (Å²) >= 11 is 0. The zero-order valence-electron chi connectivity index (χ0n) is 23.0. The van der Waals surface area contributed by atoms with E-state index in [2.05, 4.69) is 5.32 Å². The van der Waals surface area contributed by atoms with Gasteiger partial charge in [-0.3, -0.25) is 24.0 Å². The number of carbonyl (C=O) groups is 6. The van der Waals surface area contributed by atoms with Gasteiger partial charge in [-0.15, -0.1) is 0 Å². The number of benzene rings is 1. The van der Waals surface area contributed by atoms with Crippen molar-refractivity contribution in [3.05, 3.63) is 35.9 Å². The molecule has 220 valence electrons. The van der Waals surface area contributed by atoms with Crippen LogP contribution in [0.15, 0.2) is 30.3 Å². The molecule has 0 spiro atoms. The smallest absolute Gasteiger partial charge is 0.366 e. The van der Waals surface area contributed by atoms with E-state index in [4.69, 9.17) is 33.2 Å². The SMILES string of the molecule is COC(=O)[C@@]1(OC)C[C@H](OC(C)=O)[C@@H](OC(C)=O)[C@H]([C@H](OC(C)=O)[C@@H](CNC(=O)c2ccccc2)OC(C)=O)O1. The molecule has 0 aromatic heterocycles. The molecule has 1 fully saturated rings. The lowest BCUT2D eigenvalue weighted by atomic mass is 9.89. The lowest BCUT2D eigenvalue weighted by Gasteiger charge is -2.47. The number of hydrogen-bond donors (Lipinski definition) is 1. The van der Waals surface area contributed by atoms with Crippen LogP contribution in [0.25, 0.3) is 0 Å². The van der Waals surface area contributed by atoms with Crippen molar-refractivity contribution < 1.29 is 61.9 Å². The van der Waals surface area contributed by atoms with Crippen molar-refractivity contribution >= 4 is 35.8 Å². The van der Waals surface area contributed by atoms with Crippen LogP contribution >= 0.6 is 0 Å². The molecule has 0 saturated carbocycles. The van der Waals surface area contributed by atoms with E-state index in [1.807, 2.05) is 0 Å². The topological polar surface area (TPSA) is 179 Å². The van der Waals surface area contributed by atoms with Gasteiger partial charge in [0.25, 0.3) is 11.7 Å². The molecule has 1 saturated heterocycles. The summed E-state index contributed by atoms with van der Waals surface area (Å²) in [5.74, 6) is -7.13. The Morgan fingerprint density at radius 3 is 2.00 bits per heavy atom. The number of methoxy groups -OCH3 is 2. The minimum absolute atomic E-state index is 0.291. The second-order valence-corrected chi connectivity index (χ2v) is 8.76. The Hall–Kier alpha value is -4.04. The molecule has 1 heterocycles. The Morgan fingerprint density at radius 2 is 1.50 bits per heavy atom. The van der Waals surface area contributed by atoms with Gasteiger partial charge in [0.1, 0.15) is 12.2 Å². The van der Waals surface area contributed by atoms with Crippen LogP contribution in [0.4, 0.5) is 0 Å². The molecular formula is C26H33NO13. The Kier molecular flexibility index (Phi) is 11.6. The van der Waals surface area contributed by atoms with E-state index >= 15 is 0 Å². The van der Waals surface area contributed by atoms with Crippen molar-refractivity contribution in [1.29, 1.82) is 0 Å². The summed E-state index contributed by atoms with van der Waals surface area (Å²) in [6.45, 7) is 3.89. The van der Waals surface area contributed by atoms with Gasteiger partial charge in [-0.05, 0) is 12.1 Å². The largest absolute Gasteiger partial charge is 0.465 e. The van der Waals surface area contributed by atoms with Crippen LogP contribution < -0.4 is 5.32 Å². The highest BCUT2D eigenvalue weighted by Gasteiger charge is 2.59. The molecule has 1 aromatic carbocycles. The minimum atomic E-state index is -2.22. The second kappa shape index (κ2) is 14.4. The highest BCUT2D eigenvalue weighted by atomic mass is 16.7. The van der Waals surface area contributed by atoms with Crippen molar-refractivity contribution in [3.63, 3.8) is 0 Å². The summed E-state index contributed by atoms with van der Waals surface area (Å²) in [5, 5.41) is 2.59. The Labute approximate surface area is 230 Å². The van der Waals surface area contributed by atoms with E-state index in [-0.39, 0.29) is 0 Å². The van der Waals surface area contributed by atoms with Gasteiger partial charge in [0.15, 0.2) is 18.3 Å². The summed E-state index contributed by atoms with van der Waals surface area (Å²) < 4.78 is 37.8. The Balaban J connectivity index is 2.61. The number of carbonyl (C=O) groups excluding carboxylic acids is 6. The molecule has 1 aliphatic rings. The van der Waals surface area contributed by atoms with Crippen LogP contribution in [0.1, 0.15) is 44.5 Å². The zero-order valence-corrected chi connectivity index (χ0v) is 23.0. The summed E-state index contributed by atoms with van der Waals surface area (Å²) in [7, 11) is 2.18. The van der Waals surface area contributed by atoms with Crippen LogP contribution in [0.5, 0.6) is 0 Å². The molecule has 0 radical (unpaired) electrons. The lowest BCUT2D eigenvalue weighted by Crippen LogP contribution is -2.66. The zero-order chi connectivity index (χ0) is 30.0. The second-order valence-electron chi connectivity index (χ2n) is 8.76. The van der Waals surface area contributed by atoms with E-state index in [1.165, 1.54) is 0 Å². The third-order valence-electron chi connectivity index (χ3n) is 5.74. The van der Waals surface area contributed by atoms with Crippen molar-refractivity contribution in [1.82, 2.24) is 5.32 Å². The molecule has 1 amide bonds. The number of rotatable bonds is 11. The molecule has 0 unspecified atom stereocenters. The van der Waals surface area contributed by atoms with Gasteiger partial charge >= 0.3 is 29.8 Å². The van der Waals surface area contributed by atoms with Crippen LogP contribution in [0, 0.1) is 0 Å². The maximum absolute atomic E-state index is 12.8. The highest BCUT2D eigenvalue weighted by Crippen LogP contribution is 2.37. The first-order chi connectivity index (χ1) is 18.8. The molecule has 1 aliphatic heterocycles. The number of esters is 5. The van der Waals surface area contributed by atoms with Gasteiger partial charge in [0.2, 0.25) is 0 Å². The summed E-state index contributed by atoms with van der Waals surface area (Å²) in [6.07, 6.45) is -8.03. The maximum Gasteiger partial charge on any atom is 0.366 e. The average Bonchev–Trinajstić information content (AvgIpc) is 2.89. The minimum Gasteiger partial charge on any atom is -0.465 e. The molecule has 14 nitrogen and oxygen atoms in total. The molecule has 2 rings (SSSR count). The van der Waals surface area contributed by atoms with Gasteiger partial charge < -0.3 is 38.5 Å². The van der Waals surface area contributed by atoms with E-state index in [0.29, 0.717) is 5.56 Å². The van der Waals surface area contributed by atoms with Crippen molar-refractivity contribution in [2.24, 2.45) is 0 Å². The van der Waals surface area contributed by atoms with Crippen molar-refractivity contribution in [3.8, 4) is 0 Å². The normalized spacial score (nSPS) is 23.5. The predicted molar refractivity (Wildman–Crippen MR) is 132 cm³/mol. The van der Waals surface area contributed by atoms with Crippen LogP contribution in [0.3, 0.4) is 0 Å². The third kappa shape index (κ3) is 8.48. The first-order valence-corrected chi connectivity index (χ1v) is 12.2. The Morgan fingerprint density at radius 1 is 0.900 bits per heavy atom.